The van der Waals surface area contributed by atoms with Gasteiger partial charge in [-0.3, -0.25) is 4.79 Å². The number of benzene rings is 1. The zero-order chi connectivity index (χ0) is 16.9. The molecule has 0 spiro atoms. The van der Waals surface area contributed by atoms with Crippen LogP contribution in [0.3, 0.4) is 0 Å². The highest BCUT2D eigenvalue weighted by atomic mass is 32.2. The van der Waals surface area contributed by atoms with Crippen LogP contribution in [0.2, 0.25) is 0 Å². The summed E-state index contributed by atoms with van der Waals surface area (Å²) in [5, 5.41) is 2.94. The summed E-state index contributed by atoms with van der Waals surface area (Å²) in [6, 6.07) is 6.47. The molecule has 0 aromatic heterocycles. The minimum Gasteiger partial charge on any atom is -0.349 e. The van der Waals surface area contributed by atoms with Gasteiger partial charge in [-0.15, -0.1) is 0 Å². The van der Waals surface area contributed by atoms with E-state index in [0.29, 0.717) is 18.7 Å². The Morgan fingerprint density at radius 3 is 2.43 bits per heavy atom. The molecule has 1 N–H and O–H groups in total. The Labute approximate surface area is 139 Å². The van der Waals surface area contributed by atoms with E-state index < -0.39 is 10.0 Å². The Bertz CT molecular complexity index is 633. The molecule has 6 heteroatoms. The molecule has 128 valence electrons. The maximum absolute atomic E-state index is 12.7. The molecule has 2 rings (SSSR count). The molecule has 1 saturated heterocycles. The molecule has 1 aromatic carbocycles. The van der Waals surface area contributed by atoms with E-state index in [1.54, 1.807) is 18.2 Å². The fraction of sp³-hybridized carbons (Fsp3) is 0.588. The van der Waals surface area contributed by atoms with Crippen LogP contribution in [0.1, 0.15) is 56.3 Å². The predicted octanol–water partition coefficient (Wildman–Crippen LogP) is 2.78. The number of amides is 1. The fourth-order valence-electron chi connectivity index (χ4n) is 2.81. The molecule has 0 unspecified atom stereocenters. The zero-order valence-corrected chi connectivity index (χ0v) is 14.7. The first-order valence-corrected chi connectivity index (χ1v) is 9.84. The Hall–Kier alpha value is -1.40. The van der Waals surface area contributed by atoms with Gasteiger partial charge in [-0.2, -0.15) is 4.31 Å². The lowest BCUT2D eigenvalue weighted by molar-refractivity contribution is 0.0934. The number of hydrogen-bond acceptors (Lipinski definition) is 3. The summed E-state index contributed by atoms with van der Waals surface area (Å²) in [7, 11) is -3.50. The van der Waals surface area contributed by atoms with Gasteiger partial charge in [0.2, 0.25) is 10.0 Å². The second kappa shape index (κ2) is 7.93. The van der Waals surface area contributed by atoms with Crippen LogP contribution in [0.4, 0.5) is 0 Å². The number of rotatable bonds is 6. The van der Waals surface area contributed by atoms with Crippen molar-refractivity contribution in [3.8, 4) is 0 Å². The number of piperidine rings is 1. The molecule has 5 nitrogen and oxygen atoms in total. The van der Waals surface area contributed by atoms with Crippen molar-refractivity contribution in [3.63, 3.8) is 0 Å². The van der Waals surface area contributed by atoms with E-state index in [2.05, 4.69) is 5.32 Å². The van der Waals surface area contributed by atoms with Gasteiger partial charge in [0.1, 0.15) is 0 Å². The predicted molar refractivity (Wildman–Crippen MR) is 90.9 cm³/mol. The second-order valence-electron chi connectivity index (χ2n) is 5.98. The van der Waals surface area contributed by atoms with E-state index in [9.17, 15) is 13.2 Å². The Morgan fingerprint density at radius 1 is 1.17 bits per heavy atom. The molecule has 0 radical (unpaired) electrons. The quantitative estimate of drug-likeness (QED) is 0.867. The van der Waals surface area contributed by atoms with E-state index >= 15 is 0 Å². The topological polar surface area (TPSA) is 66.5 Å². The maximum atomic E-state index is 12.7. The molecule has 1 fully saturated rings. The first-order valence-electron chi connectivity index (χ1n) is 8.40. The molecule has 0 aliphatic carbocycles. The summed E-state index contributed by atoms with van der Waals surface area (Å²) in [6.07, 6.45) is 4.58. The molecule has 23 heavy (non-hydrogen) atoms. The second-order valence-corrected chi connectivity index (χ2v) is 7.92. The van der Waals surface area contributed by atoms with Crippen molar-refractivity contribution >= 4 is 15.9 Å². The first kappa shape index (κ1) is 17.9. The number of carbonyl (C=O) groups is 1. The highest BCUT2D eigenvalue weighted by Crippen LogP contribution is 2.21. The Morgan fingerprint density at radius 2 is 1.83 bits per heavy atom. The summed E-state index contributed by atoms with van der Waals surface area (Å²) < 4.78 is 26.9. The molecule has 1 aromatic rings. The van der Waals surface area contributed by atoms with Gasteiger partial charge in [-0.1, -0.05) is 26.3 Å². The van der Waals surface area contributed by atoms with Crippen molar-refractivity contribution in [2.75, 3.05) is 13.1 Å². The molecular weight excluding hydrogens is 312 g/mol. The first-order chi connectivity index (χ1) is 11.0. The van der Waals surface area contributed by atoms with Gasteiger partial charge < -0.3 is 5.32 Å². The SMILES string of the molecule is CCC(CC)NC(=O)c1cccc(S(=O)(=O)N2CCCCC2)c1. The van der Waals surface area contributed by atoms with E-state index in [-0.39, 0.29) is 16.8 Å². The normalized spacial score (nSPS) is 16.5. The maximum Gasteiger partial charge on any atom is 0.251 e. The largest absolute Gasteiger partial charge is 0.349 e. The van der Waals surface area contributed by atoms with E-state index in [1.807, 2.05) is 13.8 Å². The van der Waals surface area contributed by atoms with Gasteiger partial charge in [-0.05, 0) is 43.9 Å². The van der Waals surface area contributed by atoms with Gasteiger partial charge in [0.05, 0.1) is 4.90 Å². The molecule has 1 aliphatic rings. The lowest BCUT2D eigenvalue weighted by Crippen LogP contribution is -2.36. The van der Waals surface area contributed by atoms with Crippen LogP contribution < -0.4 is 5.32 Å². The molecule has 1 heterocycles. The molecular formula is C17H26N2O3S. The minimum atomic E-state index is -3.50. The van der Waals surface area contributed by atoms with Crippen LogP contribution in [-0.2, 0) is 10.0 Å². The van der Waals surface area contributed by atoms with E-state index in [0.717, 1.165) is 32.1 Å². The minimum absolute atomic E-state index is 0.116. The third kappa shape index (κ3) is 4.32. The highest BCUT2D eigenvalue weighted by molar-refractivity contribution is 7.89. The van der Waals surface area contributed by atoms with Gasteiger partial charge in [-0.25, -0.2) is 8.42 Å². The third-order valence-electron chi connectivity index (χ3n) is 4.37. The average molecular weight is 338 g/mol. The van der Waals surface area contributed by atoms with Crippen molar-refractivity contribution in [3.05, 3.63) is 29.8 Å². The van der Waals surface area contributed by atoms with Crippen LogP contribution in [-0.4, -0.2) is 37.8 Å². The molecule has 1 aliphatic heterocycles. The number of carbonyl (C=O) groups excluding carboxylic acids is 1. The van der Waals surface area contributed by atoms with Crippen molar-refractivity contribution in [1.29, 1.82) is 0 Å². The lowest BCUT2D eigenvalue weighted by atomic mass is 10.1. The van der Waals surface area contributed by atoms with E-state index in [1.165, 1.54) is 10.4 Å². The number of hydrogen-bond donors (Lipinski definition) is 1. The fourth-order valence-corrected chi connectivity index (χ4v) is 4.38. The molecule has 1 amide bonds. The summed E-state index contributed by atoms with van der Waals surface area (Å²) in [4.78, 5) is 12.5. The highest BCUT2D eigenvalue weighted by Gasteiger charge is 2.26. The summed E-state index contributed by atoms with van der Waals surface area (Å²) >= 11 is 0. The van der Waals surface area contributed by atoms with Crippen molar-refractivity contribution in [2.24, 2.45) is 0 Å². The molecule has 0 saturated carbocycles. The summed E-state index contributed by atoms with van der Waals surface area (Å²) in [6.45, 7) is 5.16. The smallest absolute Gasteiger partial charge is 0.251 e. The Balaban J connectivity index is 2.20. The van der Waals surface area contributed by atoms with E-state index in [4.69, 9.17) is 0 Å². The number of sulfonamides is 1. The van der Waals surface area contributed by atoms with Crippen LogP contribution in [0.25, 0.3) is 0 Å². The monoisotopic (exact) mass is 338 g/mol. The van der Waals surface area contributed by atoms with Gasteiger partial charge in [0.15, 0.2) is 0 Å². The number of nitrogens with zero attached hydrogens (tertiary/aromatic N) is 1. The van der Waals surface area contributed by atoms with Gasteiger partial charge in [0.25, 0.3) is 5.91 Å². The Kier molecular flexibility index (Phi) is 6.18. The summed E-state index contributed by atoms with van der Waals surface area (Å²) in [5.74, 6) is -0.214. The zero-order valence-electron chi connectivity index (χ0n) is 13.9. The van der Waals surface area contributed by atoms with Crippen molar-refractivity contribution in [1.82, 2.24) is 9.62 Å². The summed E-state index contributed by atoms with van der Waals surface area (Å²) in [5.41, 5.74) is 0.398. The van der Waals surface area contributed by atoms with Crippen LogP contribution >= 0.6 is 0 Å². The van der Waals surface area contributed by atoms with Crippen LogP contribution in [0.15, 0.2) is 29.2 Å². The average Bonchev–Trinajstić information content (AvgIpc) is 2.60. The molecule has 0 atom stereocenters. The van der Waals surface area contributed by atoms with Crippen molar-refractivity contribution < 1.29 is 13.2 Å². The van der Waals surface area contributed by atoms with Gasteiger partial charge in [0, 0.05) is 24.7 Å². The van der Waals surface area contributed by atoms with Crippen LogP contribution in [0, 0.1) is 0 Å². The molecule has 0 bridgehead atoms. The number of nitrogens with one attached hydrogen (secondary N) is 1. The van der Waals surface area contributed by atoms with Gasteiger partial charge >= 0.3 is 0 Å². The standard InChI is InChI=1S/C17H26N2O3S/c1-3-15(4-2)18-17(20)14-9-8-10-16(13-14)23(21,22)19-11-6-5-7-12-19/h8-10,13,15H,3-7,11-12H2,1-2H3,(H,18,20). The van der Waals surface area contributed by atoms with Crippen molar-refractivity contribution in [2.45, 2.75) is 56.9 Å². The third-order valence-corrected chi connectivity index (χ3v) is 6.26. The van der Waals surface area contributed by atoms with Crippen LogP contribution in [0.5, 0.6) is 0 Å². The lowest BCUT2D eigenvalue weighted by Gasteiger charge is -2.26.